The van der Waals surface area contributed by atoms with E-state index in [-0.39, 0.29) is 25.5 Å². The van der Waals surface area contributed by atoms with Crippen molar-refractivity contribution in [3.63, 3.8) is 0 Å². The topological polar surface area (TPSA) is 94.2 Å². The lowest BCUT2D eigenvalue weighted by molar-refractivity contribution is -0.130. The lowest BCUT2D eigenvalue weighted by Gasteiger charge is -2.21. The predicted octanol–water partition coefficient (Wildman–Crippen LogP) is 2.55. The minimum Gasteiger partial charge on any atom is -0.494 e. The van der Waals surface area contributed by atoms with Crippen LogP contribution >= 0.6 is 0 Å². The fourth-order valence-corrected chi connectivity index (χ4v) is 3.61. The molecule has 156 valence electrons. The van der Waals surface area contributed by atoms with Gasteiger partial charge in [0.15, 0.2) is 17.3 Å². The molecule has 30 heavy (non-hydrogen) atoms. The molecule has 2 aromatic rings. The maximum Gasteiger partial charge on any atom is 0.325 e. The molecule has 0 radical (unpaired) electrons. The molecule has 4 rings (SSSR count). The van der Waals surface area contributed by atoms with Crippen LogP contribution in [-0.2, 0) is 11.2 Å². The zero-order chi connectivity index (χ0) is 21.3. The average molecular weight is 410 g/mol. The Labute approximate surface area is 173 Å². The zero-order valence-electron chi connectivity index (χ0n) is 16.8. The van der Waals surface area contributed by atoms with E-state index in [1.807, 2.05) is 13.0 Å². The Morgan fingerprint density at radius 1 is 1.13 bits per heavy atom. The van der Waals surface area contributed by atoms with E-state index in [9.17, 15) is 14.4 Å². The number of urea groups is 1. The fourth-order valence-electron chi connectivity index (χ4n) is 3.61. The number of imide groups is 1. The van der Waals surface area contributed by atoms with Gasteiger partial charge in [-0.1, -0.05) is 6.07 Å². The summed E-state index contributed by atoms with van der Waals surface area (Å²) in [6.45, 7) is 3.89. The van der Waals surface area contributed by atoms with E-state index in [0.29, 0.717) is 29.4 Å². The minimum atomic E-state index is -1.15. The van der Waals surface area contributed by atoms with Crippen LogP contribution < -0.4 is 19.5 Å². The predicted molar refractivity (Wildman–Crippen MR) is 107 cm³/mol. The van der Waals surface area contributed by atoms with Crippen molar-refractivity contribution in [2.45, 2.75) is 25.8 Å². The number of hydrogen-bond acceptors (Lipinski definition) is 6. The van der Waals surface area contributed by atoms with Gasteiger partial charge >= 0.3 is 6.03 Å². The van der Waals surface area contributed by atoms with Gasteiger partial charge in [0.2, 0.25) is 6.79 Å². The highest BCUT2D eigenvalue weighted by Gasteiger charge is 2.48. The number of rotatable bonds is 7. The third kappa shape index (κ3) is 3.68. The van der Waals surface area contributed by atoms with Gasteiger partial charge in [0.05, 0.1) is 13.2 Å². The van der Waals surface area contributed by atoms with Crippen molar-refractivity contribution in [3.8, 4) is 17.2 Å². The third-order valence-electron chi connectivity index (χ3n) is 5.13. The Morgan fingerprint density at radius 3 is 2.60 bits per heavy atom. The van der Waals surface area contributed by atoms with Crippen LogP contribution in [0.15, 0.2) is 42.5 Å². The van der Waals surface area contributed by atoms with Gasteiger partial charge in [-0.05, 0) is 55.8 Å². The van der Waals surface area contributed by atoms with Crippen molar-refractivity contribution < 1.29 is 28.6 Å². The van der Waals surface area contributed by atoms with Gasteiger partial charge < -0.3 is 19.5 Å². The van der Waals surface area contributed by atoms with Crippen LogP contribution in [0.4, 0.5) is 4.79 Å². The normalized spacial score (nSPS) is 19.7. The summed E-state index contributed by atoms with van der Waals surface area (Å²) in [7, 11) is 0. The third-order valence-corrected chi connectivity index (χ3v) is 5.13. The summed E-state index contributed by atoms with van der Waals surface area (Å²) in [6, 6.07) is 11.4. The van der Waals surface area contributed by atoms with Crippen molar-refractivity contribution in [2.75, 3.05) is 19.9 Å². The fraction of sp³-hybridized carbons (Fsp3) is 0.318. The number of nitrogens with zero attached hydrogens (tertiary/aromatic N) is 1. The quantitative estimate of drug-likeness (QED) is 0.557. The summed E-state index contributed by atoms with van der Waals surface area (Å²) < 4.78 is 16.0. The second kappa shape index (κ2) is 7.70. The number of ether oxygens (including phenoxy) is 3. The van der Waals surface area contributed by atoms with Crippen molar-refractivity contribution in [1.82, 2.24) is 10.2 Å². The molecule has 1 fully saturated rings. The number of ketones is 1. The summed E-state index contributed by atoms with van der Waals surface area (Å²) in [5.74, 6) is 1.14. The van der Waals surface area contributed by atoms with Crippen LogP contribution in [0.5, 0.6) is 17.2 Å². The highest BCUT2D eigenvalue weighted by atomic mass is 16.7. The first kappa shape index (κ1) is 19.8. The van der Waals surface area contributed by atoms with Crippen LogP contribution in [0.3, 0.4) is 0 Å². The molecular weight excluding hydrogens is 388 g/mol. The molecule has 0 unspecified atom stereocenters. The number of benzene rings is 2. The number of amides is 3. The molecule has 1 saturated heterocycles. The maximum absolute atomic E-state index is 13.0. The summed E-state index contributed by atoms with van der Waals surface area (Å²) in [4.78, 5) is 39.0. The minimum absolute atomic E-state index is 0.160. The Bertz CT molecular complexity index is 1000. The van der Waals surface area contributed by atoms with Gasteiger partial charge in [-0.25, -0.2) is 4.79 Å². The number of Topliss-reactive ketones (excluding diaryl/α,β-unsaturated/α-hetero) is 1. The zero-order valence-corrected chi connectivity index (χ0v) is 16.8. The molecule has 1 N–H and O–H groups in total. The van der Waals surface area contributed by atoms with Crippen LogP contribution in [0.25, 0.3) is 0 Å². The van der Waals surface area contributed by atoms with Crippen LogP contribution in [-0.4, -0.2) is 48.1 Å². The largest absolute Gasteiger partial charge is 0.494 e. The smallest absolute Gasteiger partial charge is 0.325 e. The van der Waals surface area contributed by atoms with E-state index in [1.54, 1.807) is 43.3 Å². The van der Waals surface area contributed by atoms with E-state index in [0.717, 1.165) is 10.5 Å². The number of nitrogens with one attached hydrogen (secondary N) is 1. The molecule has 0 bridgehead atoms. The van der Waals surface area contributed by atoms with E-state index in [4.69, 9.17) is 14.2 Å². The molecule has 0 aromatic heterocycles. The average Bonchev–Trinajstić information content (AvgIpc) is 3.26. The summed E-state index contributed by atoms with van der Waals surface area (Å²) in [5.41, 5.74) is 0.0719. The molecule has 8 heteroatoms. The van der Waals surface area contributed by atoms with Crippen molar-refractivity contribution in [3.05, 3.63) is 53.6 Å². The number of carbonyl (C=O) groups is 3. The monoisotopic (exact) mass is 410 g/mol. The van der Waals surface area contributed by atoms with Crippen LogP contribution in [0, 0.1) is 0 Å². The Hall–Kier alpha value is -3.55. The first-order chi connectivity index (χ1) is 14.4. The summed E-state index contributed by atoms with van der Waals surface area (Å²) in [6.07, 6.45) is 0.266. The number of carbonyl (C=O) groups excluding carboxylic acids is 3. The molecule has 0 aliphatic carbocycles. The van der Waals surface area contributed by atoms with Gasteiger partial charge in [-0.2, -0.15) is 0 Å². The van der Waals surface area contributed by atoms with E-state index in [1.165, 1.54) is 0 Å². The second-order valence-corrected chi connectivity index (χ2v) is 7.40. The Morgan fingerprint density at radius 2 is 1.87 bits per heavy atom. The van der Waals surface area contributed by atoms with Gasteiger partial charge in [-0.15, -0.1) is 0 Å². The van der Waals surface area contributed by atoms with E-state index >= 15 is 0 Å². The van der Waals surface area contributed by atoms with Crippen molar-refractivity contribution in [1.29, 1.82) is 0 Å². The molecular formula is C22H22N2O6. The molecule has 1 atom stereocenters. The van der Waals surface area contributed by atoms with Gasteiger partial charge in [0, 0.05) is 12.0 Å². The lowest BCUT2D eigenvalue weighted by Crippen LogP contribution is -2.46. The van der Waals surface area contributed by atoms with Crippen LogP contribution in [0.1, 0.15) is 29.8 Å². The first-order valence-electron chi connectivity index (χ1n) is 9.68. The standard InChI is InChI=1S/C22H22N2O6/c1-3-28-16-7-5-15(6-8-16)17(25)12-24-20(26)22(2,23-21(24)27)11-14-4-9-18-19(10-14)30-13-29-18/h4-10H,3,11-13H2,1-2H3,(H,23,27)/t22-/m1/s1. The number of hydrogen-bond donors (Lipinski definition) is 1. The molecule has 0 saturated carbocycles. The second-order valence-electron chi connectivity index (χ2n) is 7.40. The molecule has 2 aliphatic rings. The molecule has 2 heterocycles. The lowest BCUT2D eigenvalue weighted by atomic mass is 9.92. The number of fused-ring (bicyclic) bond motifs is 1. The molecule has 8 nitrogen and oxygen atoms in total. The first-order valence-corrected chi connectivity index (χ1v) is 9.68. The highest BCUT2D eigenvalue weighted by molar-refractivity contribution is 6.11. The van der Waals surface area contributed by atoms with Gasteiger partial charge in [-0.3, -0.25) is 14.5 Å². The molecule has 2 aliphatic heterocycles. The SMILES string of the molecule is CCOc1ccc(C(=O)CN2C(=O)N[C@](C)(Cc3ccc4c(c3)OCO4)C2=O)cc1. The maximum atomic E-state index is 13.0. The van der Waals surface area contributed by atoms with Crippen LogP contribution in [0.2, 0.25) is 0 Å². The summed E-state index contributed by atoms with van der Waals surface area (Å²) in [5, 5.41) is 2.72. The van der Waals surface area contributed by atoms with Crippen molar-refractivity contribution in [2.24, 2.45) is 0 Å². The molecule has 3 amide bonds. The van der Waals surface area contributed by atoms with E-state index < -0.39 is 17.5 Å². The highest BCUT2D eigenvalue weighted by Crippen LogP contribution is 2.34. The van der Waals surface area contributed by atoms with Gasteiger partial charge in [0.1, 0.15) is 11.3 Å². The van der Waals surface area contributed by atoms with Crippen molar-refractivity contribution >= 4 is 17.7 Å². The molecule has 0 spiro atoms. The molecule has 2 aromatic carbocycles. The Balaban J connectivity index is 1.45. The summed E-state index contributed by atoms with van der Waals surface area (Å²) >= 11 is 0. The Kier molecular flexibility index (Phi) is 5.07. The van der Waals surface area contributed by atoms with E-state index in [2.05, 4.69) is 5.32 Å². The van der Waals surface area contributed by atoms with Gasteiger partial charge in [0.25, 0.3) is 5.91 Å².